The maximum atomic E-state index is 5.40. The molecule has 0 bridgehead atoms. The van der Waals surface area contributed by atoms with E-state index in [0.717, 1.165) is 17.5 Å². The highest BCUT2D eigenvalue weighted by Crippen LogP contribution is 2.34. The Bertz CT molecular complexity index is 327. The zero-order valence-corrected chi connectivity index (χ0v) is 10.8. The summed E-state index contributed by atoms with van der Waals surface area (Å²) in [7, 11) is 0. The molecule has 0 amide bonds. The quantitative estimate of drug-likeness (QED) is 0.858. The Balaban J connectivity index is 1.88. The number of nitrogens with one attached hydrogen (secondary N) is 1. The topological polar surface area (TPSA) is 38.1 Å². The van der Waals surface area contributed by atoms with Gasteiger partial charge < -0.3 is 9.73 Å². The second-order valence-corrected chi connectivity index (χ2v) is 5.59. The summed E-state index contributed by atoms with van der Waals surface area (Å²) in [4.78, 5) is 4.36. The van der Waals surface area contributed by atoms with Crippen molar-refractivity contribution in [3.8, 4) is 0 Å². The van der Waals surface area contributed by atoms with Crippen LogP contribution >= 0.6 is 11.8 Å². The monoisotopic (exact) mass is 240 g/mol. The highest BCUT2D eigenvalue weighted by Gasteiger charge is 2.28. The molecule has 2 atom stereocenters. The van der Waals surface area contributed by atoms with Gasteiger partial charge in [-0.2, -0.15) is 0 Å². The average Bonchev–Trinajstić information content (AvgIpc) is 2.86. The van der Waals surface area contributed by atoms with Crippen molar-refractivity contribution in [3.63, 3.8) is 0 Å². The Morgan fingerprint density at radius 3 is 3.12 bits per heavy atom. The van der Waals surface area contributed by atoms with E-state index in [1.807, 2.05) is 6.92 Å². The molecule has 0 saturated heterocycles. The fraction of sp³-hybridized carbons (Fsp3) is 0.750. The van der Waals surface area contributed by atoms with Gasteiger partial charge in [0.05, 0.1) is 5.69 Å². The molecular formula is C12H20N2OS. The van der Waals surface area contributed by atoms with Crippen LogP contribution < -0.4 is 5.32 Å². The molecule has 1 heterocycles. The van der Waals surface area contributed by atoms with Crippen LogP contribution in [0.4, 0.5) is 0 Å². The normalized spacial score (nSPS) is 25.1. The first-order chi connectivity index (χ1) is 7.79. The van der Waals surface area contributed by atoms with E-state index in [1.54, 1.807) is 18.0 Å². The lowest BCUT2D eigenvalue weighted by molar-refractivity contribution is 0.450. The first kappa shape index (κ1) is 12.0. The molecule has 0 radical (unpaired) electrons. The van der Waals surface area contributed by atoms with Gasteiger partial charge in [0.2, 0.25) is 0 Å². The molecule has 0 aromatic carbocycles. The van der Waals surface area contributed by atoms with Crippen LogP contribution in [-0.2, 0) is 0 Å². The molecule has 0 spiro atoms. The van der Waals surface area contributed by atoms with Gasteiger partial charge in [0.1, 0.15) is 6.26 Å². The van der Waals surface area contributed by atoms with Crippen molar-refractivity contribution < 1.29 is 4.42 Å². The molecule has 1 fully saturated rings. The van der Waals surface area contributed by atoms with Gasteiger partial charge in [-0.25, -0.2) is 4.98 Å². The Morgan fingerprint density at radius 1 is 1.56 bits per heavy atom. The number of oxazole rings is 1. The van der Waals surface area contributed by atoms with Gasteiger partial charge in [0.25, 0.3) is 5.22 Å². The average molecular weight is 240 g/mol. The van der Waals surface area contributed by atoms with Crippen LogP contribution in [-0.4, -0.2) is 22.8 Å². The molecule has 1 aliphatic rings. The number of aromatic nitrogens is 1. The highest BCUT2D eigenvalue weighted by molar-refractivity contribution is 7.99. The summed E-state index contributed by atoms with van der Waals surface area (Å²) in [6.07, 6.45) is 6.81. The molecule has 16 heavy (non-hydrogen) atoms. The molecule has 1 aromatic rings. The molecule has 1 aromatic heterocycles. The molecule has 1 N–H and O–H groups in total. The lowest BCUT2D eigenvalue weighted by atomic mass is 10.2. The first-order valence-corrected chi connectivity index (χ1v) is 6.99. The van der Waals surface area contributed by atoms with Crippen molar-refractivity contribution in [1.82, 2.24) is 10.3 Å². The van der Waals surface area contributed by atoms with Gasteiger partial charge >= 0.3 is 0 Å². The molecule has 1 saturated carbocycles. The molecule has 0 aliphatic heterocycles. The maximum Gasteiger partial charge on any atom is 0.256 e. The summed E-state index contributed by atoms with van der Waals surface area (Å²) in [5.41, 5.74) is 0.971. The standard InChI is InChI=1S/C12H20N2OS/c1-3-7-13-10-5-4-6-11(10)16-12-14-9(2)8-15-12/h8,10-11,13H,3-7H2,1-2H3. The third-order valence-corrected chi connectivity index (χ3v) is 4.22. The van der Waals surface area contributed by atoms with Gasteiger partial charge in [0.15, 0.2) is 0 Å². The SMILES string of the molecule is CCCNC1CCCC1Sc1nc(C)co1. The van der Waals surface area contributed by atoms with Crippen LogP contribution in [0.3, 0.4) is 0 Å². The largest absolute Gasteiger partial charge is 0.440 e. The van der Waals surface area contributed by atoms with Crippen LogP contribution in [0.1, 0.15) is 38.3 Å². The van der Waals surface area contributed by atoms with Crippen LogP contribution in [0.2, 0.25) is 0 Å². The van der Waals surface area contributed by atoms with E-state index in [4.69, 9.17) is 4.42 Å². The van der Waals surface area contributed by atoms with E-state index >= 15 is 0 Å². The zero-order valence-electron chi connectivity index (χ0n) is 10.0. The van der Waals surface area contributed by atoms with Gasteiger partial charge in [-0.15, -0.1) is 0 Å². The minimum atomic E-state index is 0.629. The lowest BCUT2D eigenvalue weighted by Crippen LogP contribution is -2.34. The fourth-order valence-corrected chi connectivity index (χ4v) is 3.39. The van der Waals surface area contributed by atoms with Crippen LogP contribution in [0.5, 0.6) is 0 Å². The molecule has 4 heteroatoms. The second kappa shape index (κ2) is 5.73. The molecular weight excluding hydrogens is 220 g/mol. The van der Waals surface area contributed by atoms with Crippen molar-refractivity contribution in [2.24, 2.45) is 0 Å². The molecule has 2 rings (SSSR count). The van der Waals surface area contributed by atoms with Crippen LogP contribution in [0.15, 0.2) is 15.9 Å². The second-order valence-electron chi connectivity index (χ2n) is 4.40. The number of hydrogen-bond acceptors (Lipinski definition) is 4. The summed E-state index contributed by atoms with van der Waals surface area (Å²) < 4.78 is 5.40. The predicted molar refractivity (Wildman–Crippen MR) is 66.8 cm³/mol. The van der Waals surface area contributed by atoms with Crippen LogP contribution in [0, 0.1) is 6.92 Å². The van der Waals surface area contributed by atoms with Gasteiger partial charge in [-0.05, 0) is 32.7 Å². The zero-order chi connectivity index (χ0) is 11.4. The number of hydrogen-bond donors (Lipinski definition) is 1. The minimum Gasteiger partial charge on any atom is -0.440 e. The van der Waals surface area contributed by atoms with E-state index in [-0.39, 0.29) is 0 Å². The summed E-state index contributed by atoms with van der Waals surface area (Å²) in [5, 5.41) is 5.07. The fourth-order valence-electron chi connectivity index (χ4n) is 2.15. The smallest absolute Gasteiger partial charge is 0.256 e. The van der Waals surface area contributed by atoms with Crippen molar-refractivity contribution in [3.05, 3.63) is 12.0 Å². The Kier molecular flexibility index (Phi) is 4.29. The van der Waals surface area contributed by atoms with Gasteiger partial charge in [0, 0.05) is 11.3 Å². The summed E-state index contributed by atoms with van der Waals surface area (Å²) in [6, 6.07) is 0.636. The van der Waals surface area contributed by atoms with Crippen molar-refractivity contribution in [2.45, 2.75) is 56.0 Å². The van der Waals surface area contributed by atoms with Crippen molar-refractivity contribution >= 4 is 11.8 Å². The van der Waals surface area contributed by atoms with Crippen molar-refractivity contribution in [1.29, 1.82) is 0 Å². The number of rotatable bonds is 5. The van der Waals surface area contributed by atoms with Crippen LogP contribution in [0.25, 0.3) is 0 Å². The minimum absolute atomic E-state index is 0.629. The predicted octanol–water partition coefficient (Wildman–Crippen LogP) is 3.00. The molecule has 1 aliphatic carbocycles. The van der Waals surface area contributed by atoms with E-state index in [2.05, 4.69) is 17.2 Å². The molecule has 90 valence electrons. The first-order valence-electron chi connectivity index (χ1n) is 6.11. The van der Waals surface area contributed by atoms with E-state index < -0.39 is 0 Å². The van der Waals surface area contributed by atoms with Gasteiger partial charge in [-0.1, -0.05) is 25.1 Å². The lowest BCUT2D eigenvalue weighted by Gasteiger charge is -2.18. The number of thioether (sulfide) groups is 1. The summed E-state index contributed by atoms with van der Waals surface area (Å²) >= 11 is 1.79. The Labute approximate surface area is 101 Å². The van der Waals surface area contributed by atoms with Gasteiger partial charge in [-0.3, -0.25) is 0 Å². The summed E-state index contributed by atoms with van der Waals surface area (Å²) in [6.45, 7) is 5.29. The Hall–Kier alpha value is -0.480. The summed E-state index contributed by atoms with van der Waals surface area (Å²) in [5.74, 6) is 0. The highest BCUT2D eigenvalue weighted by atomic mass is 32.2. The Morgan fingerprint density at radius 2 is 2.44 bits per heavy atom. The number of nitrogens with zero attached hydrogens (tertiary/aromatic N) is 1. The number of aryl methyl sites for hydroxylation is 1. The van der Waals surface area contributed by atoms with E-state index in [9.17, 15) is 0 Å². The molecule has 2 unspecified atom stereocenters. The van der Waals surface area contributed by atoms with E-state index in [1.165, 1.54) is 25.7 Å². The van der Waals surface area contributed by atoms with E-state index in [0.29, 0.717) is 11.3 Å². The third-order valence-electron chi connectivity index (χ3n) is 2.96. The maximum absolute atomic E-state index is 5.40. The van der Waals surface area contributed by atoms with Crippen molar-refractivity contribution in [2.75, 3.05) is 6.54 Å². The third kappa shape index (κ3) is 3.01. The molecule has 3 nitrogen and oxygen atoms in total.